The van der Waals surface area contributed by atoms with E-state index in [1.807, 2.05) is 30.3 Å². The normalized spacial score (nSPS) is 11.2. The third kappa shape index (κ3) is 4.27. The maximum Gasteiger partial charge on any atom is 0.262 e. The molecule has 0 aliphatic rings. The molecular formula is C21H15FN4O2S. The number of carbonyl (C=O) groups is 1. The summed E-state index contributed by atoms with van der Waals surface area (Å²) >= 11 is 1.43. The lowest BCUT2D eigenvalue weighted by molar-refractivity contribution is -0.121. The maximum absolute atomic E-state index is 12.9. The van der Waals surface area contributed by atoms with Gasteiger partial charge in [0.15, 0.2) is 0 Å². The van der Waals surface area contributed by atoms with Crippen LogP contribution >= 0.6 is 11.3 Å². The monoisotopic (exact) mass is 406 g/mol. The average molecular weight is 406 g/mol. The van der Waals surface area contributed by atoms with Crippen LogP contribution in [-0.2, 0) is 11.3 Å². The molecule has 29 heavy (non-hydrogen) atoms. The zero-order valence-corrected chi connectivity index (χ0v) is 15.9. The molecule has 144 valence electrons. The molecule has 0 atom stereocenters. The first-order valence-electron chi connectivity index (χ1n) is 8.72. The highest BCUT2D eigenvalue weighted by atomic mass is 32.1. The van der Waals surface area contributed by atoms with Crippen LogP contribution in [0, 0.1) is 5.82 Å². The molecule has 2 heterocycles. The molecule has 1 amide bonds. The van der Waals surface area contributed by atoms with Gasteiger partial charge >= 0.3 is 0 Å². The zero-order chi connectivity index (χ0) is 20.2. The van der Waals surface area contributed by atoms with Gasteiger partial charge in [0.25, 0.3) is 11.5 Å². The van der Waals surface area contributed by atoms with E-state index in [1.54, 1.807) is 6.07 Å². The summed E-state index contributed by atoms with van der Waals surface area (Å²) < 4.78 is 14.1. The van der Waals surface area contributed by atoms with Crippen molar-refractivity contribution in [3.63, 3.8) is 0 Å². The van der Waals surface area contributed by atoms with E-state index >= 15 is 0 Å². The number of carbonyl (C=O) groups excluding carboxylic acids is 1. The van der Waals surface area contributed by atoms with E-state index in [2.05, 4.69) is 15.5 Å². The first-order chi connectivity index (χ1) is 14.1. The third-order valence-electron chi connectivity index (χ3n) is 4.16. The van der Waals surface area contributed by atoms with Crippen LogP contribution in [0.1, 0.15) is 5.56 Å². The second-order valence-corrected chi connectivity index (χ2v) is 7.25. The standard InChI is InChI=1S/C21H15FN4O2S/c22-16-8-6-14(7-9-16)11-24-25-19(27)12-26-13-23-20-17(21(26)28)10-18(29-20)15-4-2-1-3-5-15/h1-11,13H,12H2,(H,25,27). The number of benzene rings is 2. The largest absolute Gasteiger partial charge is 0.289 e. The Morgan fingerprint density at radius 3 is 2.69 bits per heavy atom. The molecule has 2 aromatic heterocycles. The SMILES string of the molecule is O=C(Cn1cnc2sc(-c3ccccc3)cc2c1=O)NN=Cc1ccc(F)cc1. The molecule has 0 aliphatic carbocycles. The molecule has 0 unspecified atom stereocenters. The molecule has 0 aliphatic heterocycles. The molecule has 6 nitrogen and oxygen atoms in total. The van der Waals surface area contributed by atoms with Crippen LogP contribution in [-0.4, -0.2) is 21.7 Å². The van der Waals surface area contributed by atoms with Gasteiger partial charge in [0.05, 0.1) is 17.9 Å². The van der Waals surface area contributed by atoms with Gasteiger partial charge < -0.3 is 0 Å². The molecule has 4 rings (SSSR count). The maximum atomic E-state index is 12.9. The summed E-state index contributed by atoms with van der Waals surface area (Å²) in [4.78, 5) is 30.7. The number of hydrogen-bond acceptors (Lipinski definition) is 5. The van der Waals surface area contributed by atoms with Crippen LogP contribution in [0.3, 0.4) is 0 Å². The third-order valence-corrected chi connectivity index (χ3v) is 5.26. The van der Waals surface area contributed by atoms with Crippen molar-refractivity contribution in [2.24, 2.45) is 5.10 Å². The quantitative estimate of drug-likeness (QED) is 0.408. The number of nitrogens with zero attached hydrogens (tertiary/aromatic N) is 3. The number of amides is 1. The molecule has 0 bridgehead atoms. The van der Waals surface area contributed by atoms with E-state index in [0.29, 0.717) is 15.8 Å². The van der Waals surface area contributed by atoms with E-state index in [-0.39, 0.29) is 17.9 Å². The number of fused-ring (bicyclic) bond motifs is 1. The van der Waals surface area contributed by atoms with Crippen LogP contribution in [0.4, 0.5) is 4.39 Å². The number of nitrogens with one attached hydrogen (secondary N) is 1. The van der Waals surface area contributed by atoms with Gasteiger partial charge in [-0.2, -0.15) is 5.10 Å². The van der Waals surface area contributed by atoms with Crippen molar-refractivity contribution in [3.05, 3.63) is 88.7 Å². The first-order valence-corrected chi connectivity index (χ1v) is 9.54. The number of thiophene rings is 1. The fraction of sp³-hybridized carbons (Fsp3) is 0.0476. The van der Waals surface area contributed by atoms with E-state index in [9.17, 15) is 14.0 Å². The lowest BCUT2D eigenvalue weighted by Crippen LogP contribution is -2.29. The van der Waals surface area contributed by atoms with Gasteiger partial charge in [-0.25, -0.2) is 14.8 Å². The number of halogens is 1. The Morgan fingerprint density at radius 2 is 1.93 bits per heavy atom. The topological polar surface area (TPSA) is 76.3 Å². The first kappa shape index (κ1) is 18.7. The van der Waals surface area contributed by atoms with Gasteiger partial charge in [0.2, 0.25) is 0 Å². The summed E-state index contributed by atoms with van der Waals surface area (Å²) in [5, 5.41) is 4.29. The van der Waals surface area contributed by atoms with E-state index in [4.69, 9.17) is 0 Å². The van der Waals surface area contributed by atoms with Crippen molar-refractivity contribution < 1.29 is 9.18 Å². The van der Waals surface area contributed by atoms with Crippen LogP contribution in [0.2, 0.25) is 0 Å². The molecule has 0 saturated carbocycles. The van der Waals surface area contributed by atoms with Crippen molar-refractivity contribution in [1.29, 1.82) is 0 Å². The summed E-state index contributed by atoms with van der Waals surface area (Å²) in [5.74, 6) is -0.817. The highest BCUT2D eigenvalue weighted by Crippen LogP contribution is 2.30. The fourth-order valence-corrected chi connectivity index (χ4v) is 3.73. The lowest BCUT2D eigenvalue weighted by Gasteiger charge is -2.03. The minimum atomic E-state index is -0.467. The second-order valence-electron chi connectivity index (χ2n) is 6.22. The van der Waals surface area contributed by atoms with E-state index in [1.165, 1.54) is 52.7 Å². The summed E-state index contributed by atoms with van der Waals surface area (Å²) in [6.07, 6.45) is 2.76. The second kappa shape index (κ2) is 8.15. The Balaban J connectivity index is 1.49. The predicted octanol–water partition coefficient (Wildman–Crippen LogP) is 3.41. The van der Waals surface area contributed by atoms with E-state index in [0.717, 1.165) is 10.4 Å². The van der Waals surface area contributed by atoms with Gasteiger partial charge in [-0.3, -0.25) is 14.2 Å². The molecule has 0 spiro atoms. The van der Waals surface area contributed by atoms with Crippen LogP contribution in [0.15, 0.2) is 76.9 Å². The minimum Gasteiger partial charge on any atom is -0.289 e. The van der Waals surface area contributed by atoms with Gasteiger partial charge in [0, 0.05) is 4.88 Å². The predicted molar refractivity (Wildman–Crippen MR) is 111 cm³/mol. The van der Waals surface area contributed by atoms with Crippen molar-refractivity contribution in [2.45, 2.75) is 6.54 Å². The summed E-state index contributed by atoms with van der Waals surface area (Å²) in [5.41, 5.74) is 3.71. The summed E-state index contributed by atoms with van der Waals surface area (Å²) in [6.45, 7) is -0.209. The molecule has 2 aromatic carbocycles. The smallest absolute Gasteiger partial charge is 0.262 e. The Hall–Kier alpha value is -3.65. The van der Waals surface area contributed by atoms with Crippen LogP contribution < -0.4 is 11.0 Å². The highest BCUT2D eigenvalue weighted by molar-refractivity contribution is 7.21. The number of rotatable bonds is 5. The number of aromatic nitrogens is 2. The highest BCUT2D eigenvalue weighted by Gasteiger charge is 2.12. The fourth-order valence-electron chi connectivity index (χ4n) is 2.73. The van der Waals surface area contributed by atoms with Crippen molar-refractivity contribution >= 4 is 33.7 Å². The lowest BCUT2D eigenvalue weighted by atomic mass is 10.2. The van der Waals surface area contributed by atoms with E-state index < -0.39 is 5.91 Å². The molecule has 8 heteroatoms. The average Bonchev–Trinajstić information content (AvgIpc) is 3.18. The Labute approximate surface area is 169 Å². The summed E-state index contributed by atoms with van der Waals surface area (Å²) in [6, 6.07) is 17.2. The van der Waals surface area contributed by atoms with Gasteiger partial charge in [0.1, 0.15) is 17.2 Å². The summed E-state index contributed by atoms with van der Waals surface area (Å²) in [7, 11) is 0. The Morgan fingerprint density at radius 1 is 1.17 bits per heavy atom. The zero-order valence-electron chi connectivity index (χ0n) is 15.1. The van der Waals surface area contributed by atoms with Crippen LogP contribution in [0.5, 0.6) is 0 Å². The van der Waals surface area contributed by atoms with Crippen LogP contribution in [0.25, 0.3) is 20.7 Å². The van der Waals surface area contributed by atoms with Gasteiger partial charge in [-0.1, -0.05) is 42.5 Å². The van der Waals surface area contributed by atoms with Crippen molar-refractivity contribution in [3.8, 4) is 10.4 Å². The van der Waals surface area contributed by atoms with Crippen molar-refractivity contribution in [2.75, 3.05) is 0 Å². The number of hydrogen-bond donors (Lipinski definition) is 1. The molecular weight excluding hydrogens is 391 g/mol. The molecule has 4 aromatic rings. The van der Waals surface area contributed by atoms with Gasteiger partial charge in [-0.05, 0) is 29.3 Å². The van der Waals surface area contributed by atoms with Crippen molar-refractivity contribution in [1.82, 2.24) is 15.0 Å². The van der Waals surface area contributed by atoms with Gasteiger partial charge in [-0.15, -0.1) is 11.3 Å². The molecule has 1 N–H and O–H groups in total. The Bertz CT molecular complexity index is 1250. The minimum absolute atomic E-state index is 0.209. The Kier molecular flexibility index (Phi) is 5.26. The number of hydrazone groups is 1. The molecule has 0 fully saturated rings. The molecule has 0 radical (unpaired) electrons. The molecule has 0 saturated heterocycles.